The summed E-state index contributed by atoms with van der Waals surface area (Å²) in [4.78, 5) is 0. The standard InChI is InChI=1S/C46H28O/c1-2-11-29(12-3-1)32-22-23-33-27-41-43(28-35(33)26-32)47-42-20-10-19-40(46(41)42)45-38-17-8-6-15-36(38)44(37-16-7-9-18-39(37)45)34-24-21-30-13-4-5-14-31(30)25-34/h1-28H/i4D,5D,13D,14D,21D,24D,25D. The third kappa shape index (κ3) is 4.03. The molecule has 0 spiro atoms. The fourth-order valence-electron chi connectivity index (χ4n) is 7.18. The van der Waals surface area contributed by atoms with Crippen molar-refractivity contribution in [1.29, 1.82) is 0 Å². The summed E-state index contributed by atoms with van der Waals surface area (Å²) in [7, 11) is 0. The molecule has 0 aliphatic rings. The first kappa shape index (κ1) is 20.0. The van der Waals surface area contributed by atoms with E-state index in [1.807, 2.05) is 78.9 Å². The Hall–Kier alpha value is -6.18. The van der Waals surface area contributed by atoms with Crippen molar-refractivity contribution in [1.82, 2.24) is 0 Å². The largest absolute Gasteiger partial charge is 0.456 e. The third-order valence-electron chi connectivity index (χ3n) is 9.26. The zero-order chi connectivity index (χ0) is 37.0. The van der Waals surface area contributed by atoms with Crippen LogP contribution in [0, 0.1) is 0 Å². The minimum atomic E-state index is -0.487. The first-order chi connectivity index (χ1) is 26.2. The minimum absolute atomic E-state index is 0.0630. The molecule has 0 atom stereocenters. The van der Waals surface area contributed by atoms with Crippen LogP contribution in [0.5, 0.6) is 0 Å². The van der Waals surface area contributed by atoms with E-state index < -0.39 is 24.2 Å². The number of hydrogen-bond donors (Lipinski definition) is 0. The summed E-state index contributed by atoms with van der Waals surface area (Å²) in [5.41, 5.74) is 6.48. The lowest BCUT2D eigenvalue weighted by Crippen LogP contribution is -1.91. The monoisotopic (exact) mass is 603 g/mol. The molecule has 0 amide bonds. The number of benzene rings is 9. The van der Waals surface area contributed by atoms with Gasteiger partial charge in [0.05, 0.1) is 9.60 Å². The van der Waals surface area contributed by atoms with Gasteiger partial charge in [0.2, 0.25) is 0 Å². The summed E-state index contributed by atoms with van der Waals surface area (Å²) >= 11 is 0. The van der Waals surface area contributed by atoms with Crippen LogP contribution in [-0.2, 0) is 0 Å². The molecule has 0 unspecified atom stereocenters. The highest BCUT2D eigenvalue weighted by atomic mass is 16.3. The molecule has 9 aromatic carbocycles. The molecule has 0 aliphatic heterocycles. The van der Waals surface area contributed by atoms with E-state index in [0.29, 0.717) is 5.56 Å². The number of fused-ring (bicyclic) bond motifs is 7. The lowest BCUT2D eigenvalue weighted by atomic mass is 9.84. The average molecular weight is 604 g/mol. The molecule has 1 heterocycles. The molecule has 1 aromatic heterocycles. The van der Waals surface area contributed by atoms with Crippen LogP contribution in [0.1, 0.15) is 9.60 Å². The van der Waals surface area contributed by atoms with E-state index in [1.165, 1.54) is 0 Å². The molecule has 0 radical (unpaired) electrons. The van der Waals surface area contributed by atoms with Crippen molar-refractivity contribution in [2.75, 3.05) is 0 Å². The Bertz CT molecular complexity index is 3180. The molecule has 0 N–H and O–H groups in total. The van der Waals surface area contributed by atoms with Gasteiger partial charge in [0.1, 0.15) is 11.2 Å². The highest BCUT2D eigenvalue weighted by Gasteiger charge is 2.20. The Balaban J connectivity index is 1.29. The Morgan fingerprint density at radius 3 is 1.87 bits per heavy atom. The second-order valence-electron chi connectivity index (χ2n) is 11.9. The van der Waals surface area contributed by atoms with Crippen LogP contribution in [0.4, 0.5) is 0 Å². The number of hydrogen-bond acceptors (Lipinski definition) is 1. The molecule has 0 aliphatic carbocycles. The van der Waals surface area contributed by atoms with Gasteiger partial charge in [-0.05, 0) is 107 Å². The summed E-state index contributed by atoms with van der Waals surface area (Å²) in [6.07, 6.45) is 0. The first-order valence-electron chi connectivity index (χ1n) is 19.1. The van der Waals surface area contributed by atoms with Gasteiger partial charge in [-0.3, -0.25) is 0 Å². The van der Waals surface area contributed by atoms with E-state index in [-0.39, 0.29) is 34.5 Å². The lowest BCUT2D eigenvalue weighted by molar-refractivity contribution is 0.669. The summed E-state index contributed by atoms with van der Waals surface area (Å²) in [5, 5.41) is 7.23. The fourth-order valence-corrected chi connectivity index (χ4v) is 7.18. The molecule has 1 nitrogen and oxygen atoms in total. The van der Waals surface area contributed by atoms with Crippen LogP contribution in [0.15, 0.2) is 174 Å². The normalized spacial score (nSPS) is 13.9. The van der Waals surface area contributed by atoms with Crippen molar-refractivity contribution < 1.29 is 14.0 Å². The van der Waals surface area contributed by atoms with E-state index >= 15 is 0 Å². The summed E-state index contributed by atoms with van der Waals surface area (Å²) in [6.45, 7) is 0. The van der Waals surface area contributed by atoms with E-state index in [2.05, 4.69) is 48.5 Å². The van der Waals surface area contributed by atoms with Gasteiger partial charge in [-0.1, -0.05) is 139 Å². The van der Waals surface area contributed by atoms with E-state index in [9.17, 15) is 2.74 Å². The Morgan fingerprint density at radius 2 is 1.11 bits per heavy atom. The molecule has 0 saturated carbocycles. The summed E-state index contributed by atoms with van der Waals surface area (Å²) in [5.74, 6) is 0. The average Bonchev–Trinajstić information content (AvgIpc) is 3.57. The molecular weight excluding hydrogens is 569 g/mol. The fraction of sp³-hybridized carbons (Fsp3) is 0. The molecule has 0 fully saturated rings. The zero-order valence-electron chi connectivity index (χ0n) is 32.0. The maximum absolute atomic E-state index is 9.43. The number of furan rings is 1. The van der Waals surface area contributed by atoms with Crippen LogP contribution >= 0.6 is 0 Å². The van der Waals surface area contributed by atoms with Crippen molar-refractivity contribution in [2.24, 2.45) is 0 Å². The molecule has 218 valence electrons. The Morgan fingerprint density at radius 1 is 0.404 bits per heavy atom. The van der Waals surface area contributed by atoms with Crippen LogP contribution in [0.2, 0.25) is 0 Å². The SMILES string of the molecule is [2H]c1c([2H])c([2H])c2c([2H])c(-c3c4ccccc4c(-c4cccc5oc6cc7cc(-c8ccccc8)ccc7cc6c45)c4ccccc34)c([2H])c([2H])c2c1[2H]. The molecule has 0 bridgehead atoms. The second-order valence-corrected chi connectivity index (χ2v) is 11.9. The van der Waals surface area contributed by atoms with Crippen molar-refractivity contribution in [3.63, 3.8) is 0 Å². The Labute approximate surface area is 281 Å². The van der Waals surface area contributed by atoms with Gasteiger partial charge >= 0.3 is 0 Å². The van der Waals surface area contributed by atoms with Crippen molar-refractivity contribution >= 4 is 65.0 Å². The van der Waals surface area contributed by atoms with Crippen LogP contribution in [-0.4, -0.2) is 0 Å². The zero-order valence-corrected chi connectivity index (χ0v) is 25.0. The van der Waals surface area contributed by atoms with Gasteiger partial charge in [0, 0.05) is 10.8 Å². The van der Waals surface area contributed by atoms with Crippen LogP contribution < -0.4 is 0 Å². The van der Waals surface area contributed by atoms with Gasteiger partial charge in [0.15, 0.2) is 0 Å². The maximum atomic E-state index is 9.43. The van der Waals surface area contributed by atoms with Gasteiger partial charge in [-0.15, -0.1) is 0 Å². The molecule has 0 saturated heterocycles. The van der Waals surface area contributed by atoms with Gasteiger partial charge < -0.3 is 4.42 Å². The summed E-state index contributed by atoms with van der Waals surface area (Å²) < 4.78 is 68.1. The highest BCUT2D eigenvalue weighted by Crippen LogP contribution is 2.47. The lowest BCUT2D eigenvalue weighted by Gasteiger charge is -2.18. The van der Waals surface area contributed by atoms with Crippen molar-refractivity contribution in [3.8, 4) is 33.4 Å². The first-order valence-corrected chi connectivity index (χ1v) is 15.6. The van der Waals surface area contributed by atoms with Crippen molar-refractivity contribution in [3.05, 3.63) is 170 Å². The smallest absolute Gasteiger partial charge is 0.136 e. The molecule has 1 heteroatoms. The molecule has 10 aromatic rings. The van der Waals surface area contributed by atoms with Crippen molar-refractivity contribution in [2.45, 2.75) is 0 Å². The Kier molecular flexibility index (Phi) is 4.34. The van der Waals surface area contributed by atoms with E-state index in [1.54, 1.807) is 0 Å². The minimum Gasteiger partial charge on any atom is -0.456 e. The van der Waals surface area contributed by atoms with E-state index in [0.717, 1.165) is 76.5 Å². The molecular formula is C46H28O. The van der Waals surface area contributed by atoms with Crippen LogP contribution in [0.25, 0.3) is 98.4 Å². The highest BCUT2D eigenvalue weighted by molar-refractivity contribution is 6.26. The van der Waals surface area contributed by atoms with E-state index in [4.69, 9.17) is 11.3 Å². The molecule has 47 heavy (non-hydrogen) atoms. The predicted octanol–water partition coefficient (Wildman–Crippen LogP) is 13.2. The van der Waals surface area contributed by atoms with Gasteiger partial charge in [-0.2, -0.15) is 0 Å². The van der Waals surface area contributed by atoms with Gasteiger partial charge in [-0.25, -0.2) is 0 Å². The maximum Gasteiger partial charge on any atom is 0.136 e. The topological polar surface area (TPSA) is 13.1 Å². The predicted molar refractivity (Wildman–Crippen MR) is 200 cm³/mol. The molecule has 10 rings (SSSR count). The third-order valence-corrected chi connectivity index (χ3v) is 9.26. The number of rotatable bonds is 3. The summed E-state index contributed by atoms with van der Waals surface area (Å²) in [6, 6.07) is 40.4. The van der Waals surface area contributed by atoms with Gasteiger partial charge in [0.25, 0.3) is 0 Å². The van der Waals surface area contributed by atoms with Crippen LogP contribution in [0.3, 0.4) is 0 Å². The quantitative estimate of drug-likeness (QED) is 0.183. The second kappa shape index (κ2) is 10.2.